The predicted molar refractivity (Wildman–Crippen MR) is 84.8 cm³/mol. The van der Waals surface area contributed by atoms with Crippen molar-refractivity contribution in [2.24, 2.45) is 23.5 Å². The molecule has 2 nitrogen and oxygen atoms in total. The van der Waals surface area contributed by atoms with Crippen LogP contribution in [0.2, 0.25) is 5.02 Å². The summed E-state index contributed by atoms with van der Waals surface area (Å²) in [6, 6.07) is 4.64. The summed E-state index contributed by atoms with van der Waals surface area (Å²) in [4.78, 5) is 2.22. The minimum absolute atomic E-state index is 0.0946. The maximum absolute atomic E-state index is 14.1. The zero-order valence-electron chi connectivity index (χ0n) is 12.6. The first-order chi connectivity index (χ1) is 10.1. The van der Waals surface area contributed by atoms with Gasteiger partial charge in [-0.1, -0.05) is 18.0 Å². The van der Waals surface area contributed by atoms with Crippen LogP contribution >= 0.6 is 11.6 Å². The van der Waals surface area contributed by atoms with Gasteiger partial charge in [0.1, 0.15) is 5.82 Å². The lowest BCUT2D eigenvalue weighted by molar-refractivity contribution is 0.173. The van der Waals surface area contributed by atoms with E-state index in [2.05, 4.69) is 11.9 Å². The molecule has 0 radical (unpaired) electrons. The number of benzene rings is 1. The molecule has 2 bridgehead atoms. The Balaban J connectivity index is 1.71. The Morgan fingerprint density at radius 2 is 2.19 bits per heavy atom. The molecular formula is C17H24ClFN2. The number of likely N-dealkylation sites (N-methyl/N-ethyl adjacent to an activating group) is 1. The first kappa shape index (κ1) is 15.3. The Morgan fingerprint density at radius 3 is 2.81 bits per heavy atom. The van der Waals surface area contributed by atoms with Gasteiger partial charge in [-0.3, -0.25) is 4.90 Å². The third-order valence-electron chi connectivity index (χ3n) is 5.48. The van der Waals surface area contributed by atoms with Crippen LogP contribution in [0.15, 0.2) is 18.2 Å². The van der Waals surface area contributed by atoms with E-state index >= 15 is 0 Å². The molecule has 0 heterocycles. The SMILES string of the molecule is CN(CC1CC2CCC1C2)C(CN)c1cc(Cl)ccc1F. The first-order valence-electron chi connectivity index (χ1n) is 7.93. The van der Waals surface area contributed by atoms with E-state index in [1.165, 1.54) is 31.7 Å². The first-order valence-corrected chi connectivity index (χ1v) is 8.31. The van der Waals surface area contributed by atoms with Gasteiger partial charge < -0.3 is 5.73 Å². The van der Waals surface area contributed by atoms with Gasteiger partial charge in [-0.05, 0) is 62.3 Å². The normalized spacial score (nSPS) is 29.3. The topological polar surface area (TPSA) is 29.3 Å². The van der Waals surface area contributed by atoms with Gasteiger partial charge >= 0.3 is 0 Å². The fourth-order valence-electron chi connectivity index (χ4n) is 4.41. The molecular weight excluding hydrogens is 287 g/mol. The summed E-state index contributed by atoms with van der Waals surface area (Å²) >= 11 is 6.02. The van der Waals surface area contributed by atoms with Crippen molar-refractivity contribution in [1.29, 1.82) is 0 Å². The highest BCUT2D eigenvalue weighted by molar-refractivity contribution is 6.30. The van der Waals surface area contributed by atoms with Gasteiger partial charge in [-0.15, -0.1) is 0 Å². The molecule has 2 N–H and O–H groups in total. The number of rotatable bonds is 5. The summed E-state index contributed by atoms with van der Waals surface area (Å²) in [6.07, 6.45) is 5.53. The Kier molecular flexibility index (Phi) is 4.53. The molecule has 3 rings (SSSR count). The van der Waals surface area contributed by atoms with Crippen LogP contribution < -0.4 is 5.73 Å². The second-order valence-electron chi connectivity index (χ2n) is 6.79. The van der Waals surface area contributed by atoms with Crippen LogP contribution in [-0.2, 0) is 0 Å². The van der Waals surface area contributed by atoms with Crippen LogP contribution in [-0.4, -0.2) is 25.0 Å². The number of hydrogen-bond donors (Lipinski definition) is 1. The lowest BCUT2D eigenvalue weighted by atomic mass is 9.88. The fraction of sp³-hybridized carbons (Fsp3) is 0.647. The molecule has 0 aromatic heterocycles. The number of nitrogens with two attached hydrogens (primary N) is 1. The third-order valence-corrected chi connectivity index (χ3v) is 5.71. The quantitative estimate of drug-likeness (QED) is 0.895. The average Bonchev–Trinajstić information content (AvgIpc) is 3.06. The molecule has 2 fully saturated rings. The molecule has 4 atom stereocenters. The monoisotopic (exact) mass is 310 g/mol. The highest BCUT2D eigenvalue weighted by Crippen LogP contribution is 2.48. The van der Waals surface area contributed by atoms with Gasteiger partial charge in [0.25, 0.3) is 0 Å². The minimum atomic E-state index is -0.213. The standard InChI is InChI=1S/C17H24ClFN2/c1-21(10-13-7-11-2-3-12(13)6-11)17(9-20)15-8-14(18)4-5-16(15)19/h4-5,8,11-13,17H,2-3,6-7,9-10,20H2,1H3. The lowest BCUT2D eigenvalue weighted by Crippen LogP contribution is -2.36. The van der Waals surface area contributed by atoms with E-state index in [9.17, 15) is 4.39 Å². The van der Waals surface area contributed by atoms with Gasteiger partial charge in [-0.25, -0.2) is 4.39 Å². The molecule has 0 spiro atoms. The second-order valence-corrected chi connectivity index (χ2v) is 7.23. The molecule has 0 aliphatic heterocycles. The van der Waals surface area contributed by atoms with Crippen molar-refractivity contribution >= 4 is 11.6 Å². The average molecular weight is 311 g/mol. The van der Waals surface area contributed by atoms with Crippen molar-refractivity contribution in [3.63, 3.8) is 0 Å². The molecule has 2 aliphatic rings. The summed E-state index contributed by atoms with van der Waals surface area (Å²) in [5.41, 5.74) is 6.54. The van der Waals surface area contributed by atoms with Crippen LogP contribution in [0.3, 0.4) is 0 Å². The molecule has 4 unspecified atom stereocenters. The summed E-state index contributed by atoms with van der Waals surface area (Å²) in [6.45, 7) is 1.42. The van der Waals surface area contributed by atoms with Crippen molar-refractivity contribution < 1.29 is 4.39 Å². The highest BCUT2D eigenvalue weighted by Gasteiger charge is 2.40. The Morgan fingerprint density at radius 1 is 1.38 bits per heavy atom. The molecule has 0 saturated heterocycles. The van der Waals surface area contributed by atoms with Crippen LogP contribution in [0.4, 0.5) is 4.39 Å². The lowest BCUT2D eigenvalue weighted by Gasteiger charge is -2.33. The van der Waals surface area contributed by atoms with Crippen molar-refractivity contribution in [3.8, 4) is 0 Å². The summed E-state index contributed by atoms with van der Waals surface area (Å²) in [7, 11) is 2.06. The number of hydrogen-bond acceptors (Lipinski definition) is 2. The van der Waals surface area contributed by atoms with Gasteiger partial charge in [-0.2, -0.15) is 0 Å². The van der Waals surface area contributed by atoms with Crippen LogP contribution in [0, 0.1) is 23.6 Å². The molecule has 21 heavy (non-hydrogen) atoms. The van der Waals surface area contributed by atoms with Crippen LogP contribution in [0.5, 0.6) is 0 Å². The van der Waals surface area contributed by atoms with E-state index in [0.717, 1.165) is 24.3 Å². The van der Waals surface area contributed by atoms with Crippen LogP contribution in [0.1, 0.15) is 37.3 Å². The smallest absolute Gasteiger partial charge is 0.128 e. The van der Waals surface area contributed by atoms with Crippen molar-refractivity contribution in [3.05, 3.63) is 34.6 Å². The van der Waals surface area contributed by atoms with Gasteiger partial charge in [0, 0.05) is 29.7 Å². The summed E-state index contributed by atoms with van der Waals surface area (Å²) < 4.78 is 14.1. The molecule has 2 aliphatic carbocycles. The van der Waals surface area contributed by atoms with E-state index in [-0.39, 0.29) is 11.9 Å². The van der Waals surface area contributed by atoms with Gasteiger partial charge in [0.05, 0.1) is 0 Å². The molecule has 2 saturated carbocycles. The Labute approximate surface area is 131 Å². The maximum Gasteiger partial charge on any atom is 0.128 e. The predicted octanol–water partition coefficient (Wildman–Crippen LogP) is 3.85. The fourth-order valence-corrected chi connectivity index (χ4v) is 4.59. The largest absolute Gasteiger partial charge is 0.329 e. The number of nitrogens with zero attached hydrogens (tertiary/aromatic N) is 1. The molecule has 1 aromatic carbocycles. The zero-order valence-corrected chi connectivity index (χ0v) is 13.3. The van der Waals surface area contributed by atoms with Crippen molar-refractivity contribution in [1.82, 2.24) is 4.90 Å². The van der Waals surface area contributed by atoms with E-state index in [1.54, 1.807) is 12.1 Å². The minimum Gasteiger partial charge on any atom is -0.329 e. The third kappa shape index (κ3) is 3.10. The van der Waals surface area contributed by atoms with E-state index < -0.39 is 0 Å². The van der Waals surface area contributed by atoms with E-state index in [4.69, 9.17) is 17.3 Å². The molecule has 1 aromatic rings. The molecule has 4 heteroatoms. The summed E-state index contributed by atoms with van der Waals surface area (Å²) in [5.74, 6) is 2.35. The molecule has 0 amide bonds. The van der Waals surface area contributed by atoms with E-state index in [1.807, 2.05) is 0 Å². The van der Waals surface area contributed by atoms with Crippen molar-refractivity contribution in [2.45, 2.75) is 31.7 Å². The number of halogens is 2. The second kappa shape index (κ2) is 6.23. The summed E-state index contributed by atoms with van der Waals surface area (Å²) in [5, 5.41) is 0.568. The number of fused-ring (bicyclic) bond motifs is 2. The highest BCUT2D eigenvalue weighted by atomic mass is 35.5. The van der Waals surface area contributed by atoms with Gasteiger partial charge in [0.15, 0.2) is 0 Å². The maximum atomic E-state index is 14.1. The van der Waals surface area contributed by atoms with E-state index in [0.29, 0.717) is 17.1 Å². The Hall–Kier alpha value is -0.640. The van der Waals surface area contributed by atoms with Crippen LogP contribution in [0.25, 0.3) is 0 Å². The molecule has 116 valence electrons. The van der Waals surface area contributed by atoms with Gasteiger partial charge in [0.2, 0.25) is 0 Å². The zero-order chi connectivity index (χ0) is 15.0. The Bertz CT molecular complexity index is 508. The van der Waals surface area contributed by atoms with Crippen molar-refractivity contribution in [2.75, 3.05) is 20.1 Å².